The van der Waals surface area contributed by atoms with Crippen LogP contribution in [0.1, 0.15) is 32.6 Å². The highest BCUT2D eigenvalue weighted by molar-refractivity contribution is 5.76. The molecule has 0 spiro atoms. The first-order valence-electron chi connectivity index (χ1n) is 4.75. The van der Waals surface area contributed by atoms with Crippen molar-refractivity contribution in [1.29, 1.82) is 0 Å². The molecule has 0 saturated carbocycles. The predicted molar refractivity (Wildman–Crippen MR) is 48.7 cm³/mol. The highest BCUT2D eigenvalue weighted by Crippen LogP contribution is 2.16. The Morgan fingerprint density at radius 2 is 2.33 bits per heavy atom. The molecule has 1 rings (SSSR count). The van der Waals surface area contributed by atoms with E-state index in [0.29, 0.717) is 19.0 Å². The van der Waals surface area contributed by atoms with E-state index in [9.17, 15) is 4.79 Å². The Hall–Kier alpha value is -0.570. The van der Waals surface area contributed by atoms with E-state index in [1.54, 1.807) is 0 Å². The van der Waals surface area contributed by atoms with E-state index in [-0.39, 0.29) is 5.91 Å². The van der Waals surface area contributed by atoms with Crippen molar-refractivity contribution in [2.45, 2.75) is 38.6 Å². The Labute approximate surface area is 73.9 Å². The summed E-state index contributed by atoms with van der Waals surface area (Å²) in [4.78, 5) is 13.4. The summed E-state index contributed by atoms with van der Waals surface area (Å²) >= 11 is 0. The van der Waals surface area contributed by atoms with Gasteiger partial charge in [-0.3, -0.25) is 4.79 Å². The van der Waals surface area contributed by atoms with Crippen molar-refractivity contribution in [3.05, 3.63) is 0 Å². The van der Waals surface area contributed by atoms with Crippen LogP contribution in [0.15, 0.2) is 0 Å². The van der Waals surface area contributed by atoms with Gasteiger partial charge < -0.3 is 10.6 Å². The zero-order chi connectivity index (χ0) is 8.97. The Morgan fingerprint density at radius 1 is 1.58 bits per heavy atom. The maximum atomic E-state index is 11.5. The summed E-state index contributed by atoms with van der Waals surface area (Å²) in [5.74, 6) is 0.227. The lowest BCUT2D eigenvalue weighted by molar-refractivity contribution is -0.134. The quantitative estimate of drug-likeness (QED) is 0.664. The summed E-state index contributed by atoms with van der Waals surface area (Å²) in [5, 5.41) is 0. The van der Waals surface area contributed by atoms with Crippen molar-refractivity contribution in [3.8, 4) is 0 Å². The minimum Gasteiger partial charge on any atom is -0.340 e. The minimum atomic E-state index is 0.227. The molecule has 70 valence electrons. The van der Waals surface area contributed by atoms with Gasteiger partial charge in [0.25, 0.3) is 0 Å². The maximum absolute atomic E-state index is 11.5. The van der Waals surface area contributed by atoms with Crippen LogP contribution < -0.4 is 5.73 Å². The molecule has 0 aromatic rings. The third-order valence-corrected chi connectivity index (χ3v) is 2.48. The molecule has 3 nitrogen and oxygen atoms in total. The number of amides is 1. The molecule has 0 unspecified atom stereocenters. The zero-order valence-corrected chi connectivity index (χ0v) is 7.75. The van der Waals surface area contributed by atoms with Crippen LogP contribution in [0.3, 0.4) is 0 Å². The van der Waals surface area contributed by atoms with Crippen molar-refractivity contribution >= 4 is 5.91 Å². The van der Waals surface area contributed by atoms with Crippen molar-refractivity contribution in [2.75, 3.05) is 13.1 Å². The monoisotopic (exact) mass is 170 g/mol. The average Bonchev–Trinajstić information content (AvgIpc) is 2.05. The second-order valence-electron chi connectivity index (χ2n) is 3.47. The van der Waals surface area contributed by atoms with E-state index in [0.717, 1.165) is 19.4 Å². The lowest BCUT2D eigenvalue weighted by atomic mass is 10.0. The van der Waals surface area contributed by atoms with Crippen LogP contribution in [-0.4, -0.2) is 29.9 Å². The third-order valence-electron chi connectivity index (χ3n) is 2.48. The second kappa shape index (κ2) is 4.45. The standard InChI is InChI=1S/C9H18N2O/c1-8-4-2-3-7-11(8)9(12)5-6-10/h8H,2-7,10H2,1H3/t8-/m0/s1. The smallest absolute Gasteiger partial charge is 0.224 e. The second-order valence-corrected chi connectivity index (χ2v) is 3.47. The SMILES string of the molecule is C[C@H]1CCCCN1C(=O)CCN. The van der Waals surface area contributed by atoms with Gasteiger partial charge in [-0.2, -0.15) is 0 Å². The first-order chi connectivity index (χ1) is 5.75. The number of nitrogens with two attached hydrogens (primary N) is 1. The van der Waals surface area contributed by atoms with E-state index in [4.69, 9.17) is 5.73 Å². The molecule has 0 aliphatic carbocycles. The van der Waals surface area contributed by atoms with Crippen LogP contribution in [0, 0.1) is 0 Å². The van der Waals surface area contributed by atoms with Crippen molar-refractivity contribution in [2.24, 2.45) is 5.73 Å². The molecule has 1 saturated heterocycles. The van der Waals surface area contributed by atoms with Gasteiger partial charge in [0.05, 0.1) is 0 Å². The predicted octanol–water partition coefficient (Wildman–Crippen LogP) is 0.736. The number of piperidine rings is 1. The molecule has 1 fully saturated rings. The molecule has 0 radical (unpaired) electrons. The summed E-state index contributed by atoms with van der Waals surface area (Å²) in [6, 6.07) is 0.429. The topological polar surface area (TPSA) is 46.3 Å². The van der Waals surface area contributed by atoms with E-state index < -0.39 is 0 Å². The molecule has 1 amide bonds. The minimum absolute atomic E-state index is 0.227. The molecule has 1 atom stereocenters. The van der Waals surface area contributed by atoms with Crippen molar-refractivity contribution < 1.29 is 4.79 Å². The molecule has 1 aliphatic heterocycles. The number of carbonyl (C=O) groups excluding carboxylic acids is 1. The molecule has 0 aromatic carbocycles. The van der Waals surface area contributed by atoms with Crippen molar-refractivity contribution in [1.82, 2.24) is 4.90 Å². The number of likely N-dealkylation sites (tertiary alicyclic amines) is 1. The Kier molecular flexibility index (Phi) is 3.53. The van der Waals surface area contributed by atoms with Gasteiger partial charge in [0.2, 0.25) is 5.91 Å². The fraction of sp³-hybridized carbons (Fsp3) is 0.889. The van der Waals surface area contributed by atoms with Crippen LogP contribution >= 0.6 is 0 Å². The molecule has 12 heavy (non-hydrogen) atoms. The normalized spacial score (nSPS) is 24.2. The highest BCUT2D eigenvalue weighted by Gasteiger charge is 2.21. The molecule has 3 heteroatoms. The largest absolute Gasteiger partial charge is 0.340 e. The van der Waals surface area contributed by atoms with E-state index in [2.05, 4.69) is 6.92 Å². The molecule has 2 N–H and O–H groups in total. The third kappa shape index (κ3) is 2.21. The summed E-state index contributed by atoms with van der Waals surface area (Å²) < 4.78 is 0. The number of nitrogens with zero attached hydrogens (tertiary/aromatic N) is 1. The molecular formula is C9H18N2O. The van der Waals surface area contributed by atoms with Gasteiger partial charge in [0, 0.05) is 25.6 Å². The summed E-state index contributed by atoms with van der Waals surface area (Å²) in [5.41, 5.74) is 5.33. The van der Waals surface area contributed by atoms with E-state index in [1.807, 2.05) is 4.90 Å². The van der Waals surface area contributed by atoms with Gasteiger partial charge in [0.1, 0.15) is 0 Å². The fourth-order valence-electron chi connectivity index (χ4n) is 1.74. The summed E-state index contributed by atoms with van der Waals surface area (Å²) in [6.45, 7) is 3.52. The average molecular weight is 170 g/mol. The van der Waals surface area contributed by atoms with Gasteiger partial charge in [-0.25, -0.2) is 0 Å². The number of hydrogen-bond acceptors (Lipinski definition) is 2. The van der Waals surface area contributed by atoms with Gasteiger partial charge in [-0.05, 0) is 26.2 Å². The number of carbonyl (C=O) groups is 1. The van der Waals surface area contributed by atoms with Crippen LogP contribution in [0.2, 0.25) is 0 Å². The van der Waals surface area contributed by atoms with E-state index in [1.165, 1.54) is 6.42 Å². The number of rotatable bonds is 2. The van der Waals surface area contributed by atoms with Gasteiger partial charge in [0.15, 0.2) is 0 Å². The van der Waals surface area contributed by atoms with Crippen LogP contribution in [-0.2, 0) is 4.79 Å². The summed E-state index contributed by atoms with van der Waals surface area (Å²) in [6.07, 6.45) is 4.06. The summed E-state index contributed by atoms with van der Waals surface area (Å²) in [7, 11) is 0. The zero-order valence-electron chi connectivity index (χ0n) is 7.75. The van der Waals surface area contributed by atoms with Crippen molar-refractivity contribution in [3.63, 3.8) is 0 Å². The molecular weight excluding hydrogens is 152 g/mol. The molecule has 1 aliphatic rings. The Balaban J connectivity index is 2.42. The first kappa shape index (κ1) is 9.52. The lowest BCUT2D eigenvalue weighted by Crippen LogP contribution is -2.42. The molecule has 1 heterocycles. The van der Waals surface area contributed by atoms with Crippen LogP contribution in [0.25, 0.3) is 0 Å². The van der Waals surface area contributed by atoms with Gasteiger partial charge in [-0.15, -0.1) is 0 Å². The maximum Gasteiger partial charge on any atom is 0.224 e. The fourth-order valence-corrected chi connectivity index (χ4v) is 1.74. The Morgan fingerprint density at radius 3 is 2.92 bits per heavy atom. The molecule has 0 aromatic heterocycles. The van der Waals surface area contributed by atoms with Gasteiger partial charge >= 0.3 is 0 Å². The van der Waals surface area contributed by atoms with E-state index >= 15 is 0 Å². The first-order valence-corrected chi connectivity index (χ1v) is 4.75. The van der Waals surface area contributed by atoms with Gasteiger partial charge in [-0.1, -0.05) is 0 Å². The number of hydrogen-bond donors (Lipinski definition) is 1. The van der Waals surface area contributed by atoms with Crippen LogP contribution in [0.5, 0.6) is 0 Å². The van der Waals surface area contributed by atoms with Crippen LogP contribution in [0.4, 0.5) is 0 Å². The highest BCUT2D eigenvalue weighted by atomic mass is 16.2. The lowest BCUT2D eigenvalue weighted by Gasteiger charge is -2.33. The Bertz CT molecular complexity index is 159. The molecule has 0 bridgehead atoms.